The highest BCUT2D eigenvalue weighted by Crippen LogP contribution is 2.34. The fourth-order valence-electron chi connectivity index (χ4n) is 3.88. The van der Waals surface area contributed by atoms with Crippen molar-refractivity contribution in [3.8, 4) is 0 Å². The predicted octanol–water partition coefficient (Wildman–Crippen LogP) is 3.85. The summed E-state index contributed by atoms with van der Waals surface area (Å²) < 4.78 is 1.95. The summed E-state index contributed by atoms with van der Waals surface area (Å²) in [7, 11) is 0. The summed E-state index contributed by atoms with van der Waals surface area (Å²) >= 11 is 0. The van der Waals surface area contributed by atoms with Crippen molar-refractivity contribution in [3.05, 3.63) is 65.9 Å². The molecule has 0 saturated heterocycles. The lowest BCUT2D eigenvalue weighted by atomic mass is 9.91. The minimum absolute atomic E-state index is 0.00751. The first-order valence-corrected chi connectivity index (χ1v) is 8.46. The maximum absolute atomic E-state index is 13.2. The van der Waals surface area contributed by atoms with Crippen LogP contribution < -0.4 is 0 Å². The molecule has 1 aliphatic heterocycles. The Kier molecular flexibility index (Phi) is 3.60. The quantitative estimate of drug-likeness (QED) is 0.743. The lowest BCUT2D eigenvalue weighted by Gasteiger charge is -2.24. The molecule has 1 aliphatic rings. The fourth-order valence-corrected chi connectivity index (χ4v) is 3.88. The van der Waals surface area contributed by atoms with Crippen LogP contribution in [0.25, 0.3) is 10.9 Å². The molecule has 3 aromatic rings. The van der Waals surface area contributed by atoms with Crippen molar-refractivity contribution in [2.24, 2.45) is 5.92 Å². The smallest absolute Gasteiger partial charge is 0.234 e. The fraction of sp³-hybridized carbons (Fsp3) is 0.300. The minimum atomic E-state index is -0.00751. The Balaban J connectivity index is 1.78. The molecule has 4 rings (SSSR count). The van der Waals surface area contributed by atoms with Gasteiger partial charge >= 0.3 is 0 Å². The highest BCUT2D eigenvalue weighted by atomic mass is 16.2. The lowest BCUT2D eigenvalue weighted by molar-refractivity contribution is 0.0808. The Bertz CT molecular complexity index is 932. The first-order valence-electron chi connectivity index (χ1n) is 8.46. The van der Waals surface area contributed by atoms with E-state index in [0.717, 1.165) is 41.9 Å². The third kappa shape index (κ3) is 2.21. The maximum atomic E-state index is 13.2. The molecule has 1 N–H and O–H groups in total. The molecular weight excluding hydrogens is 298 g/mol. The summed E-state index contributed by atoms with van der Waals surface area (Å²) in [4.78, 5) is 20.7. The van der Waals surface area contributed by atoms with E-state index in [4.69, 9.17) is 0 Å². The number of aryl methyl sites for hydroxylation is 1. The molecule has 1 unspecified atom stereocenters. The third-order valence-corrected chi connectivity index (χ3v) is 5.11. The van der Waals surface area contributed by atoms with Gasteiger partial charge in [0.1, 0.15) is 0 Å². The van der Waals surface area contributed by atoms with Crippen LogP contribution in [0, 0.1) is 12.8 Å². The van der Waals surface area contributed by atoms with Crippen molar-refractivity contribution >= 4 is 16.8 Å². The third-order valence-electron chi connectivity index (χ3n) is 5.11. The van der Waals surface area contributed by atoms with Gasteiger partial charge in [0.2, 0.25) is 5.91 Å². The number of aromatic nitrogens is 3. The molecule has 0 amide bonds. The van der Waals surface area contributed by atoms with Crippen LogP contribution in [0.1, 0.15) is 33.9 Å². The van der Waals surface area contributed by atoms with Crippen molar-refractivity contribution in [2.45, 2.75) is 32.6 Å². The Morgan fingerprint density at radius 1 is 1.42 bits per heavy atom. The monoisotopic (exact) mass is 319 g/mol. The molecule has 0 radical (unpaired) electrons. The Hall–Kier alpha value is -2.62. The number of carbonyl (C=O) groups excluding carboxylic acids is 1. The van der Waals surface area contributed by atoms with Gasteiger partial charge in [-0.3, -0.25) is 9.36 Å². The van der Waals surface area contributed by atoms with Gasteiger partial charge < -0.3 is 4.98 Å². The van der Waals surface area contributed by atoms with Gasteiger partial charge in [0.15, 0.2) is 0 Å². The summed E-state index contributed by atoms with van der Waals surface area (Å²) in [5, 5.41) is 1.18. The normalized spacial score (nSPS) is 17.2. The number of hydrogen-bond donors (Lipinski definition) is 1. The van der Waals surface area contributed by atoms with Crippen LogP contribution in [0.15, 0.2) is 43.2 Å². The van der Waals surface area contributed by atoms with E-state index < -0.39 is 0 Å². The van der Waals surface area contributed by atoms with Crippen molar-refractivity contribution < 1.29 is 4.79 Å². The molecule has 4 nitrogen and oxygen atoms in total. The van der Waals surface area contributed by atoms with Crippen LogP contribution in [0.3, 0.4) is 0 Å². The SMILES string of the molecule is C=CCc1c2n(c3ccccc13)C(=O)C(Cc1nc[nH]c1C)CC2. The first-order chi connectivity index (χ1) is 11.7. The maximum Gasteiger partial charge on any atom is 0.234 e. The molecule has 3 heterocycles. The second-order valence-electron chi connectivity index (χ2n) is 6.52. The summed E-state index contributed by atoms with van der Waals surface area (Å²) in [5.74, 6) is 0.192. The van der Waals surface area contributed by atoms with E-state index in [2.05, 4.69) is 22.6 Å². The standard InChI is InChI=1S/C20H21N3O/c1-3-6-15-16-7-4-5-8-18(16)23-19(15)10-9-14(20(23)24)11-17-13(2)21-12-22-17/h3-5,7-8,12,14H,1,6,9-11H2,2H3,(H,21,22). The van der Waals surface area contributed by atoms with Gasteiger partial charge in [-0.2, -0.15) is 0 Å². The number of nitrogens with one attached hydrogen (secondary N) is 1. The number of H-pyrrole nitrogens is 1. The van der Waals surface area contributed by atoms with E-state index in [1.807, 2.05) is 35.8 Å². The topological polar surface area (TPSA) is 50.7 Å². The molecule has 24 heavy (non-hydrogen) atoms. The zero-order chi connectivity index (χ0) is 16.7. The first kappa shape index (κ1) is 14.9. The van der Waals surface area contributed by atoms with Crippen molar-refractivity contribution in [2.75, 3.05) is 0 Å². The highest BCUT2D eigenvalue weighted by molar-refractivity contribution is 5.98. The second kappa shape index (κ2) is 5.78. The van der Waals surface area contributed by atoms with Gasteiger partial charge in [-0.25, -0.2) is 4.98 Å². The molecule has 0 bridgehead atoms. The Morgan fingerprint density at radius 2 is 2.25 bits per heavy atom. The molecule has 4 heteroatoms. The zero-order valence-corrected chi connectivity index (χ0v) is 13.9. The molecule has 0 fully saturated rings. The zero-order valence-electron chi connectivity index (χ0n) is 13.9. The average Bonchev–Trinajstić information content (AvgIpc) is 3.13. The lowest BCUT2D eigenvalue weighted by Crippen LogP contribution is -2.30. The number of para-hydroxylation sites is 1. The van der Waals surface area contributed by atoms with Crippen LogP contribution >= 0.6 is 0 Å². The Labute approximate surface area is 141 Å². The van der Waals surface area contributed by atoms with Gasteiger partial charge in [-0.15, -0.1) is 6.58 Å². The van der Waals surface area contributed by atoms with Gasteiger partial charge in [0, 0.05) is 29.1 Å². The van der Waals surface area contributed by atoms with Crippen LogP contribution in [-0.4, -0.2) is 20.4 Å². The van der Waals surface area contributed by atoms with Crippen LogP contribution in [0.5, 0.6) is 0 Å². The average molecular weight is 319 g/mol. The van der Waals surface area contributed by atoms with E-state index in [0.29, 0.717) is 6.42 Å². The molecule has 0 spiro atoms. The van der Waals surface area contributed by atoms with Crippen LogP contribution in [0.2, 0.25) is 0 Å². The largest absolute Gasteiger partial charge is 0.348 e. The predicted molar refractivity (Wildman–Crippen MR) is 95.3 cm³/mol. The molecule has 1 atom stereocenters. The molecule has 2 aromatic heterocycles. The van der Waals surface area contributed by atoms with E-state index in [-0.39, 0.29) is 11.8 Å². The number of hydrogen-bond acceptors (Lipinski definition) is 2. The molecule has 122 valence electrons. The van der Waals surface area contributed by atoms with E-state index in [9.17, 15) is 4.79 Å². The van der Waals surface area contributed by atoms with Gasteiger partial charge in [-0.05, 0) is 37.8 Å². The van der Waals surface area contributed by atoms with Crippen LogP contribution in [0.4, 0.5) is 0 Å². The number of aromatic amines is 1. The minimum Gasteiger partial charge on any atom is -0.348 e. The van der Waals surface area contributed by atoms with Crippen LogP contribution in [-0.2, 0) is 19.3 Å². The highest BCUT2D eigenvalue weighted by Gasteiger charge is 2.31. The number of nitrogens with zero attached hydrogens (tertiary/aromatic N) is 2. The summed E-state index contributed by atoms with van der Waals surface area (Å²) in [6.45, 7) is 5.89. The van der Waals surface area contributed by atoms with E-state index in [1.54, 1.807) is 6.33 Å². The number of carbonyl (C=O) groups is 1. The van der Waals surface area contributed by atoms with Gasteiger partial charge in [0.05, 0.1) is 17.5 Å². The summed E-state index contributed by atoms with van der Waals surface area (Å²) in [6.07, 6.45) is 6.95. The number of fused-ring (bicyclic) bond motifs is 3. The summed E-state index contributed by atoms with van der Waals surface area (Å²) in [6, 6.07) is 8.20. The van der Waals surface area contributed by atoms with Crippen molar-refractivity contribution in [1.82, 2.24) is 14.5 Å². The number of allylic oxidation sites excluding steroid dienone is 1. The van der Waals surface area contributed by atoms with E-state index >= 15 is 0 Å². The molecule has 0 aliphatic carbocycles. The number of benzene rings is 1. The van der Waals surface area contributed by atoms with Gasteiger partial charge in [0.25, 0.3) is 0 Å². The molecular formula is C20H21N3O. The Morgan fingerprint density at radius 3 is 3.00 bits per heavy atom. The summed E-state index contributed by atoms with van der Waals surface area (Å²) in [5.41, 5.74) is 5.50. The number of rotatable bonds is 4. The van der Waals surface area contributed by atoms with Crippen molar-refractivity contribution in [1.29, 1.82) is 0 Å². The number of imidazole rings is 1. The molecule has 0 saturated carbocycles. The van der Waals surface area contributed by atoms with Gasteiger partial charge in [-0.1, -0.05) is 24.3 Å². The molecule has 1 aromatic carbocycles. The second-order valence-corrected chi connectivity index (χ2v) is 6.52. The van der Waals surface area contributed by atoms with Crippen molar-refractivity contribution in [3.63, 3.8) is 0 Å². The van der Waals surface area contributed by atoms with E-state index in [1.165, 1.54) is 10.9 Å².